The van der Waals surface area contributed by atoms with Crippen LogP contribution in [0.5, 0.6) is 0 Å². The van der Waals surface area contributed by atoms with Crippen molar-refractivity contribution in [2.24, 2.45) is 0 Å². The van der Waals surface area contributed by atoms with Gasteiger partial charge in [0.15, 0.2) is 0 Å². The Balaban J connectivity index is 2.30. The molecule has 3 nitrogen and oxygen atoms in total. The second-order valence-corrected chi connectivity index (χ2v) is 4.19. The molecule has 0 saturated carbocycles. The van der Waals surface area contributed by atoms with Crippen LogP contribution in [0.4, 0.5) is 0 Å². The average molecular weight is 229 g/mol. The third-order valence-electron chi connectivity index (χ3n) is 3.05. The van der Waals surface area contributed by atoms with Crippen LogP contribution in [0.15, 0.2) is 30.5 Å². The van der Waals surface area contributed by atoms with E-state index in [1.54, 1.807) is 0 Å². The first-order valence-corrected chi connectivity index (χ1v) is 6.02. The molecule has 17 heavy (non-hydrogen) atoms. The molecule has 1 heterocycles. The molecule has 1 aromatic heterocycles. The van der Waals surface area contributed by atoms with Gasteiger partial charge in [-0.25, -0.2) is 0 Å². The quantitative estimate of drug-likeness (QED) is 0.873. The third kappa shape index (κ3) is 2.39. The molecular formula is C14H19N3. The van der Waals surface area contributed by atoms with Gasteiger partial charge in [0.25, 0.3) is 0 Å². The third-order valence-corrected chi connectivity index (χ3v) is 3.05. The Morgan fingerprint density at radius 3 is 2.47 bits per heavy atom. The van der Waals surface area contributed by atoms with Gasteiger partial charge in [0.1, 0.15) is 0 Å². The van der Waals surface area contributed by atoms with E-state index < -0.39 is 0 Å². The zero-order valence-electron chi connectivity index (χ0n) is 10.7. The second kappa shape index (κ2) is 5.15. The fourth-order valence-electron chi connectivity index (χ4n) is 2.06. The van der Waals surface area contributed by atoms with Crippen LogP contribution in [0.2, 0.25) is 0 Å². The van der Waals surface area contributed by atoms with Gasteiger partial charge in [-0.05, 0) is 32.0 Å². The summed E-state index contributed by atoms with van der Waals surface area (Å²) in [6, 6.07) is 8.65. The van der Waals surface area contributed by atoms with Crippen LogP contribution in [-0.2, 0) is 13.1 Å². The van der Waals surface area contributed by atoms with Crippen LogP contribution in [0.3, 0.4) is 0 Å². The van der Waals surface area contributed by atoms with Crippen LogP contribution in [0, 0.1) is 6.92 Å². The standard InChI is InChI=1S/C14H19N3/c1-4-17-11(2)14(10-16-17)13-7-5-12(6-8-13)9-15-3/h5-8,10,15H,4,9H2,1-3H3. The SMILES string of the molecule is CCn1ncc(-c2ccc(CNC)cc2)c1C. The van der Waals surface area contributed by atoms with Crippen LogP contribution in [0.25, 0.3) is 11.1 Å². The lowest BCUT2D eigenvalue weighted by atomic mass is 10.0. The molecule has 1 N–H and O–H groups in total. The number of rotatable bonds is 4. The van der Waals surface area contributed by atoms with Crippen LogP contribution >= 0.6 is 0 Å². The molecule has 0 spiro atoms. The molecule has 1 aromatic carbocycles. The molecule has 0 atom stereocenters. The first-order valence-electron chi connectivity index (χ1n) is 6.02. The van der Waals surface area contributed by atoms with Gasteiger partial charge >= 0.3 is 0 Å². The highest BCUT2D eigenvalue weighted by atomic mass is 15.3. The smallest absolute Gasteiger partial charge is 0.0571 e. The van der Waals surface area contributed by atoms with Gasteiger partial charge in [0, 0.05) is 24.3 Å². The first kappa shape index (κ1) is 11.9. The molecule has 2 aromatic rings. The van der Waals surface area contributed by atoms with Crippen molar-refractivity contribution in [2.75, 3.05) is 7.05 Å². The van der Waals surface area contributed by atoms with Gasteiger partial charge in [0.2, 0.25) is 0 Å². The van der Waals surface area contributed by atoms with E-state index >= 15 is 0 Å². The fraction of sp³-hybridized carbons (Fsp3) is 0.357. The van der Waals surface area contributed by atoms with Crippen molar-refractivity contribution < 1.29 is 0 Å². The molecule has 0 aliphatic carbocycles. The Labute approximate surface area is 102 Å². The summed E-state index contributed by atoms with van der Waals surface area (Å²) in [5.41, 5.74) is 5.00. The molecule has 2 rings (SSSR count). The predicted molar refractivity (Wildman–Crippen MR) is 70.8 cm³/mol. The van der Waals surface area contributed by atoms with Gasteiger partial charge in [-0.15, -0.1) is 0 Å². The van der Waals surface area contributed by atoms with Crippen LogP contribution in [0.1, 0.15) is 18.2 Å². The maximum absolute atomic E-state index is 4.37. The Bertz CT molecular complexity index is 483. The molecule has 0 amide bonds. The zero-order valence-corrected chi connectivity index (χ0v) is 10.7. The highest BCUT2D eigenvalue weighted by molar-refractivity contribution is 5.65. The largest absolute Gasteiger partial charge is 0.316 e. The van der Waals surface area contributed by atoms with Crippen molar-refractivity contribution in [1.82, 2.24) is 15.1 Å². The zero-order chi connectivity index (χ0) is 12.3. The van der Waals surface area contributed by atoms with E-state index in [0.29, 0.717) is 0 Å². The highest BCUT2D eigenvalue weighted by Crippen LogP contribution is 2.23. The van der Waals surface area contributed by atoms with Crippen molar-refractivity contribution in [3.8, 4) is 11.1 Å². The summed E-state index contributed by atoms with van der Waals surface area (Å²) < 4.78 is 2.02. The number of benzene rings is 1. The Kier molecular flexibility index (Phi) is 3.59. The number of hydrogen-bond acceptors (Lipinski definition) is 2. The normalized spacial score (nSPS) is 10.8. The monoisotopic (exact) mass is 229 g/mol. The number of nitrogens with zero attached hydrogens (tertiary/aromatic N) is 2. The number of hydrogen-bond donors (Lipinski definition) is 1. The van der Waals surface area contributed by atoms with Gasteiger partial charge < -0.3 is 5.32 Å². The summed E-state index contributed by atoms with van der Waals surface area (Å²) in [4.78, 5) is 0. The maximum Gasteiger partial charge on any atom is 0.0571 e. The van der Waals surface area contributed by atoms with E-state index in [4.69, 9.17) is 0 Å². The van der Waals surface area contributed by atoms with Gasteiger partial charge in [-0.1, -0.05) is 24.3 Å². The predicted octanol–water partition coefficient (Wildman–Crippen LogP) is 2.60. The number of nitrogens with one attached hydrogen (secondary N) is 1. The van der Waals surface area contributed by atoms with E-state index in [0.717, 1.165) is 13.1 Å². The fourth-order valence-corrected chi connectivity index (χ4v) is 2.06. The Morgan fingerprint density at radius 1 is 1.24 bits per heavy atom. The summed E-state index contributed by atoms with van der Waals surface area (Å²) in [5.74, 6) is 0. The summed E-state index contributed by atoms with van der Waals surface area (Å²) in [6.45, 7) is 6.06. The second-order valence-electron chi connectivity index (χ2n) is 4.19. The first-order chi connectivity index (χ1) is 8.26. The lowest BCUT2D eigenvalue weighted by molar-refractivity contribution is 0.640. The molecule has 0 aliphatic heterocycles. The van der Waals surface area contributed by atoms with E-state index in [1.165, 1.54) is 22.4 Å². The minimum absolute atomic E-state index is 0.910. The average Bonchev–Trinajstić information content (AvgIpc) is 2.72. The van der Waals surface area contributed by atoms with Crippen molar-refractivity contribution >= 4 is 0 Å². The molecule has 0 fully saturated rings. The van der Waals surface area contributed by atoms with Gasteiger partial charge in [-0.3, -0.25) is 4.68 Å². The molecule has 0 radical (unpaired) electrons. The van der Waals surface area contributed by atoms with Gasteiger partial charge in [0.05, 0.1) is 6.20 Å². The molecule has 90 valence electrons. The number of aromatic nitrogens is 2. The van der Waals surface area contributed by atoms with Crippen LogP contribution < -0.4 is 5.32 Å². The topological polar surface area (TPSA) is 29.9 Å². The lowest BCUT2D eigenvalue weighted by Gasteiger charge is -2.04. The Morgan fingerprint density at radius 2 is 1.94 bits per heavy atom. The summed E-state index contributed by atoms with van der Waals surface area (Å²) in [5, 5.41) is 7.53. The van der Waals surface area contributed by atoms with Crippen LogP contribution in [-0.4, -0.2) is 16.8 Å². The molecule has 3 heteroatoms. The molecule has 0 saturated heterocycles. The van der Waals surface area contributed by atoms with Crippen molar-refractivity contribution in [3.05, 3.63) is 41.7 Å². The van der Waals surface area contributed by atoms with E-state index in [-0.39, 0.29) is 0 Å². The van der Waals surface area contributed by atoms with E-state index in [1.807, 2.05) is 17.9 Å². The summed E-state index contributed by atoms with van der Waals surface area (Å²) in [6.07, 6.45) is 1.95. The molecule has 0 unspecified atom stereocenters. The minimum Gasteiger partial charge on any atom is -0.316 e. The van der Waals surface area contributed by atoms with Crippen molar-refractivity contribution in [1.29, 1.82) is 0 Å². The summed E-state index contributed by atoms with van der Waals surface area (Å²) >= 11 is 0. The highest BCUT2D eigenvalue weighted by Gasteiger charge is 2.07. The molecule has 0 aliphatic rings. The Hall–Kier alpha value is -1.61. The van der Waals surface area contributed by atoms with Crippen molar-refractivity contribution in [2.45, 2.75) is 26.9 Å². The summed E-state index contributed by atoms with van der Waals surface area (Å²) in [7, 11) is 1.96. The number of aryl methyl sites for hydroxylation is 1. The maximum atomic E-state index is 4.37. The van der Waals surface area contributed by atoms with E-state index in [9.17, 15) is 0 Å². The van der Waals surface area contributed by atoms with Crippen molar-refractivity contribution in [3.63, 3.8) is 0 Å². The lowest BCUT2D eigenvalue weighted by Crippen LogP contribution is -2.04. The van der Waals surface area contributed by atoms with E-state index in [2.05, 4.69) is 48.5 Å². The molecular weight excluding hydrogens is 210 g/mol. The minimum atomic E-state index is 0.910. The molecule has 0 bridgehead atoms. The van der Waals surface area contributed by atoms with Gasteiger partial charge in [-0.2, -0.15) is 5.10 Å².